The molecule has 1 aromatic carbocycles. The van der Waals surface area contributed by atoms with Crippen molar-refractivity contribution in [3.63, 3.8) is 0 Å². The summed E-state index contributed by atoms with van der Waals surface area (Å²) < 4.78 is 11.4. The minimum absolute atomic E-state index is 0.00584. The standard InChI is InChI=1S/C19H20N2O4/c1-19(2)8-7-12-16(17(19)22)11(9-20-12)18(23)21-15-10-24-13-5-3-4-6-14(13)25-15/h3-6,9,15,20H,7-8,10H2,1-2H3,(H,21,23). The number of H-pyrrole nitrogens is 1. The number of hydrogen-bond acceptors (Lipinski definition) is 4. The van der Waals surface area contributed by atoms with Gasteiger partial charge in [-0.3, -0.25) is 9.59 Å². The number of Topliss-reactive ketones (excluding diaryl/α,β-unsaturated/α-hetero) is 1. The van der Waals surface area contributed by atoms with Gasteiger partial charge in [0.25, 0.3) is 5.91 Å². The molecule has 130 valence electrons. The molecule has 0 radical (unpaired) electrons. The van der Waals surface area contributed by atoms with Gasteiger partial charge in [-0.25, -0.2) is 0 Å². The second-order valence-corrected chi connectivity index (χ2v) is 7.11. The third-order valence-electron chi connectivity index (χ3n) is 4.85. The van der Waals surface area contributed by atoms with E-state index >= 15 is 0 Å². The zero-order chi connectivity index (χ0) is 17.6. The molecule has 2 heterocycles. The summed E-state index contributed by atoms with van der Waals surface area (Å²) in [6.07, 6.45) is 2.55. The van der Waals surface area contributed by atoms with Gasteiger partial charge in [0.1, 0.15) is 6.61 Å². The first-order valence-corrected chi connectivity index (χ1v) is 8.40. The third kappa shape index (κ3) is 2.67. The molecule has 1 unspecified atom stereocenters. The average Bonchev–Trinajstić information content (AvgIpc) is 3.03. The lowest BCUT2D eigenvalue weighted by Crippen LogP contribution is -2.45. The number of ether oxygens (including phenoxy) is 2. The van der Waals surface area contributed by atoms with Crippen molar-refractivity contribution in [2.45, 2.75) is 32.9 Å². The van der Waals surface area contributed by atoms with E-state index in [-0.39, 0.29) is 18.3 Å². The van der Waals surface area contributed by atoms with E-state index in [9.17, 15) is 9.59 Å². The number of carbonyl (C=O) groups is 2. The van der Waals surface area contributed by atoms with Crippen molar-refractivity contribution < 1.29 is 19.1 Å². The van der Waals surface area contributed by atoms with Crippen LogP contribution >= 0.6 is 0 Å². The Kier molecular flexibility index (Phi) is 3.56. The second-order valence-electron chi connectivity index (χ2n) is 7.11. The topological polar surface area (TPSA) is 80.4 Å². The molecular formula is C19H20N2O4. The summed E-state index contributed by atoms with van der Waals surface area (Å²) in [5, 5.41) is 2.80. The van der Waals surface area contributed by atoms with Crippen molar-refractivity contribution in [2.24, 2.45) is 5.41 Å². The van der Waals surface area contributed by atoms with Crippen LogP contribution in [-0.4, -0.2) is 29.5 Å². The predicted octanol–water partition coefficient (Wildman–Crippen LogP) is 2.70. The van der Waals surface area contributed by atoms with Gasteiger partial charge in [0.2, 0.25) is 6.23 Å². The number of rotatable bonds is 2. The van der Waals surface area contributed by atoms with Gasteiger partial charge in [-0.15, -0.1) is 0 Å². The molecule has 0 fully saturated rings. The number of nitrogens with one attached hydrogen (secondary N) is 2. The molecule has 1 amide bonds. The maximum Gasteiger partial charge on any atom is 0.256 e. The molecule has 2 aliphatic rings. The molecule has 2 N–H and O–H groups in total. The molecule has 4 rings (SSSR count). The number of aryl methyl sites for hydroxylation is 1. The van der Waals surface area contributed by atoms with Crippen LogP contribution in [0.3, 0.4) is 0 Å². The van der Waals surface area contributed by atoms with Gasteiger partial charge >= 0.3 is 0 Å². The minimum Gasteiger partial charge on any atom is -0.484 e. The maximum absolute atomic E-state index is 12.7. The molecule has 0 bridgehead atoms. The van der Waals surface area contributed by atoms with Gasteiger partial charge in [0.15, 0.2) is 17.3 Å². The number of carbonyl (C=O) groups excluding carboxylic acids is 2. The largest absolute Gasteiger partial charge is 0.484 e. The summed E-state index contributed by atoms with van der Waals surface area (Å²) in [5.41, 5.74) is 1.26. The summed E-state index contributed by atoms with van der Waals surface area (Å²) in [5.74, 6) is 0.916. The Hall–Kier alpha value is -2.76. The summed E-state index contributed by atoms with van der Waals surface area (Å²) in [7, 11) is 0. The van der Waals surface area contributed by atoms with Gasteiger partial charge < -0.3 is 19.8 Å². The third-order valence-corrected chi connectivity index (χ3v) is 4.85. The SMILES string of the molecule is CC1(C)CCc2[nH]cc(C(=O)NC3COc4ccccc4O3)c2C1=O. The lowest BCUT2D eigenvalue weighted by atomic mass is 9.74. The van der Waals surface area contributed by atoms with E-state index in [0.717, 1.165) is 18.5 Å². The van der Waals surface area contributed by atoms with E-state index < -0.39 is 11.6 Å². The van der Waals surface area contributed by atoms with Crippen LogP contribution in [0, 0.1) is 5.41 Å². The second kappa shape index (κ2) is 5.65. The molecule has 0 spiro atoms. The van der Waals surface area contributed by atoms with Gasteiger partial charge in [0, 0.05) is 17.3 Å². The van der Waals surface area contributed by atoms with Crippen molar-refractivity contribution in [1.82, 2.24) is 10.3 Å². The van der Waals surface area contributed by atoms with Crippen molar-refractivity contribution in [2.75, 3.05) is 6.61 Å². The first kappa shape index (κ1) is 15.7. The fourth-order valence-corrected chi connectivity index (χ4v) is 3.31. The zero-order valence-corrected chi connectivity index (χ0v) is 14.2. The fourth-order valence-electron chi connectivity index (χ4n) is 3.31. The molecule has 6 heteroatoms. The predicted molar refractivity (Wildman–Crippen MR) is 91.0 cm³/mol. The highest BCUT2D eigenvalue weighted by atomic mass is 16.6. The molecule has 2 aromatic rings. The molecule has 0 saturated carbocycles. The Morgan fingerprint density at radius 2 is 2.04 bits per heavy atom. The maximum atomic E-state index is 12.7. The van der Waals surface area contributed by atoms with E-state index in [4.69, 9.17) is 9.47 Å². The zero-order valence-electron chi connectivity index (χ0n) is 14.2. The number of aromatic nitrogens is 1. The van der Waals surface area contributed by atoms with E-state index in [0.29, 0.717) is 22.6 Å². The average molecular weight is 340 g/mol. The number of hydrogen-bond donors (Lipinski definition) is 2. The number of benzene rings is 1. The summed E-state index contributed by atoms with van der Waals surface area (Å²) in [4.78, 5) is 28.5. The van der Waals surface area contributed by atoms with Crippen LogP contribution in [0.4, 0.5) is 0 Å². The van der Waals surface area contributed by atoms with Gasteiger partial charge in [0.05, 0.1) is 11.1 Å². The lowest BCUT2D eigenvalue weighted by Gasteiger charge is -2.29. The van der Waals surface area contributed by atoms with Crippen molar-refractivity contribution in [3.8, 4) is 11.5 Å². The summed E-state index contributed by atoms with van der Waals surface area (Å²) in [6, 6.07) is 7.31. The van der Waals surface area contributed by atoms with E-state index in [2.05, 4.69) is 10.3 Å². The fraction of sp³-hybridized carbons (Fsp3) is 0.368. The Bertz CT molecular complexity index is 853. The van der Waals surface area contributed by atoms with Crippen molar-refractivity contribution in [1.29, 1.82) is 0 Å². The highest BCUT2D eigenvalue weighted by Gasteiger charge is 2.38. The van der Waals surface area contributed by atoms with Crippen molar-refractivity contribution >= 4 is 11.7 Å². The highest BCUT2D eigenvalue weighted by Crippen LogP contribution is 2.36. The first-order chi connectivity index (χ1) is 12.0. The van der Waals surface area contributed by atoms with Crippen LogP contribution in [0.2, 0.25) is 0 Å². The van der Waals surface area contributed by atoms with Gasteiger partial charge in [-0.1, -0.05) is 26.0 Å². The smallest absolute Gasteiger partial charge is 0.256 e. The Morgan fingerprint density at radius 1 is 1.28 bits per heavy atom. The molecular weight excluding hydrogens is 320 g/mol. The van der Waals surface area contributed by atoms with E-state index in [1.165, 1.54) is 0 Å². The van der Waals surface area contributed by atoms with Crippen LogP contribution in [-0.2, 0) is 6.42 Å². The van der Waals surface area contributed by atoms with Gasteiger partial charge in [-0.2, -0.15) is 0 Å². The number of amides is 1. The van der Waals surface area contributed by atoms with Crippen LogP contribution in [0.1, 0.15) is 46.7 Å². The van der Waals surface area contributed by atoms with Gasteiger partial charge in [-0.05, 0) is 25.0 Å². The Balaban J connectivity index is 1.54. The normalized spacial score (nSPS) is 20.7. The number of fused-ring (bicyclic) bond motifs is 2. The monoisotopic (exact) mass is 340 g/mol. The number of aromatic amines is 1. The van der Waals surface area contributed by atoms with E-state index in [1.807, 2.05) is 32.0 Å². The Morgan fingerprint density at radius 3 is 2.84 bits per heavy atom. The number of ketones is 1. The van der Waals surface area contributed by atoms with Crippen molar-refractivity contribution in [3.05, 3.63) is 47.3 Å². The quantitative estimate of drug-likeness (QED) is 0.881. The molecule has 25 heavy (non-hydrogen) atoms. The lowest BCUT2D eigenvalue weighted by molar-refractivity contribution is 0.0544. The first-order valence-electron chi connectivity index (χ1n) is 8.40. The highest BCUT2D eigenvalue weighted by molar-refractivity contribution is 6.11. The molecule has 1 aliphatic carbocycles. The summed E-state index contributed by atoms with van der Waals surface area (Å²) >= 11 is 0. The number of para-hydroxylation sites is 2. The van der Waals surface area contributed by atoms with Crippen LogP contribution in [0.25, 0.3) is 0 Å². The molecule has 1 aromatic heterocycles. The molecule has 1 aliphatic heterocycles. The summed E-state index contributed by atoms with van der Waals surface area (Å²) in [6.45, 7) is 4.05. The van der Waals surface area contributed by atoms with Crippen LogP contribution in [0.5, 0.6) is 11.5 Å². The molecule has 6 nitrogen and oxygen atoms in total. The van der Waals surface area contributed by atoms with E-state index in [1.54, 1.807) is 12.3 Å². The minimum atomic E-state index is -0.598. The molecule has 0 saturated heterocycles. The van der Waals surface area contributed by atoms with Crippen LogP contribution < -0.4 is 14.8 Å². The van der Waals surface area contributed by atoms with Crippen LogP contribution in [0.15, 0.2) is 30.5 Å². The molecule has 1 atom stereocenters. The Labute approximate surface area is 145 Å².